The molecule has 1 amide bonds. The molecule has 0 radical (unpaired) electrons. The predicted octanol–water partition coefficient (Wildman–Crippen LogP) is 0.456. The molecule has 1 aromatic heterocycles. The third-order valence-electron chi connectivity index (χ3n) is 5.79. The summed E-state index contributed by atoms with van der Waals surface area (Å²) in [6, 6.07) is 13.5. The van der Waals surface area contributed by atoms with Gasteiger partial charge in [0.2, 0.25) is 0 Å². The summed E-state index contributed by atoms with van der Waals surface area (Å²) in [4.78, 5) is 51.4. The Balaban J connectivity index is 1.58. The molecule has 4 rings (SSSR count). The monoisotopic (exact) mass is 483 g/mol. The summed E-state index contributed by atoms with van der Waals surface area (Å²) < 4.78 is 17.3. The summed E-state index contributed by atoms with van der Waals surface area (Å²) in [5.74, 6) is -1.32. The molecule has 184 valence electrons. The van der Waals surface area contributed by atoms with E-state index in [0.29, 0.717) is 0 Å². The van der Waals surface area contributed by atoms with Gasteiger partial charge in [-0.25, -0.2) is 4.79 Å². The Kier molecular flexibility index (Phi) is 7.10. The van der Waals surface area contributed by atoms with Crippen LogP contribution >= 0.6 is 0 Å². The summed E-state index contributed by atoms with van der Waals surface area (Å²) in [6.07, 6.45) is -3.06. The SMILES string of the molecule is COC1[C@@H](OC(C)=O)[C@@H](CO)O[C@H]1n1cc(C(=O)NCc2ccc3ccccc3c2)c(=O)[nH]c1=O. The van der Waals surface area contributed by atoms with Gasteiger partial charge in [0, 0.05) is 26.8 Å². The summed E-state index contributed by atoms with van der Waals surface area (Å²) in [7, 11) is 1.32. The second-order valence-corrected chi connectivity index (χ2v) is 8.10. The standard InChI is InChI=1S/C24H25N3O8/c1-13(29)34-19-18(12-28)35-23(20(19)33-2)27-11-17(22(31)26-24(27)32)21(30)25-10-14-7-8-15-5-3-4-6-16(15)9-14/h3-9,11,18-20,23,28H,10,12H2,1-2H3,(H,25,30)(H,26,31,32)/t18-,19+,20?,23-/m1/s1. The van der Waals surface area contributed by atoms with Crippen LogP contribution in [-0.2, 0) is 25.5 Å². The molecule has 3 aromatic rings. The van der Waals surface area contributed by atoms with Crippen molar-refractivity contribution in [3.8, 4) is 0 Å². The normalized spacial score (nSPS) is 21.7. The van der Waals surface area contributed by atoms with Gasteiger partial charge in [-0.1, -0.05) is 36.4 Å². The van der Waals surface area contributed by atoms with Crippen molar-refractivity contribution < 1.29 is 28.9 Å². The Morgan fingerprint density at radius 1 is 1.14 bits per heavy atom. The van der Waals surface area contributed by atoms with Crippen LogP contribution in [0.2, 0.25) is 0 Å². The number of methoxy groups -OCH3 is 1. The van der Waals surface area contributed by atoms with Crippen LogP contribution in [0.1, 0.15) is 29.1 Å². The Morgan fingerprint density at radius 3 is 2.57 bits per heavy atom. The van der Waals surface area contributed by atoms with Crippen LogP contribution < -0.4 is 16.6 Å². The molecule has 4 atom stereocenters. The number of hydrogen-bond acceptors (Lipinski definition) is 8. The smallest absolute Gasteiger partial charge is 0.330 e. The molecule has 11 heteroatoms. The van der Waals surface area contributed by atoms with E-state index < -0.39 is 54.3 Å². The van der Waals surface area contributed by atoms with Gasteiger partial charge in [-0.05, 0) is 22.4 Å². The van der Waals surface area contributed by atoms with E-state index in [1.165, 1.54) is 14.0 Å². The Bertz CT molecular complexity index is 1360. The average Bonchev–Trinajstić information content (AvgIpc) is 3.18. The molecule has 0 bridgehead atoms. The number of hydrogen-bond donors (Lipinski definition) is 3. The Labute approximate surface area is 199 Å². The van der Waals surface area contributed by atoms with Crippen LogP contribution in [0.3, 0.4) is 0 Å². The maximum atomic E-state index is 12.8. The molecule has 3 N–H and O–H groups in total. The fourth-order valence-electron chi connectivity index (χ4n) is 4.13. The van der Waals surface area contributed by atoms with Gasteiger partial charge in [0.1, 0.15) is 17.8 Å². The van der Waals surface area contributed by atoms with Crippen molar-refractivity contribution in [3.63, 3.8) is 0 Å². The minimum Gasteiger partial charge on any atom is -0.457 e. The Hall–Kier alpha value is -3.80. The number of esters is 1. The van der Waals surface area contributed by atoms with Gasteiger partial charge in [-0.3, -0.25) is 23.9 Å². The molecule has 1 aliphatic rings. The number of carbonyl (C=O) groups excluding carboxylic acids is 2. The molecule has 1 unspecified atom stereocenters. The number of aromatic nitrogens is 2. The topological polar surface area (TPSA) is 149 Å². The second kappa shape index (κ2) is 10.2. The molecule has 2 aromatic carbocycles. The summed E-state index contributed by atoms with van der Waals surface area (Å²) >= 11 is 0. The zero-order valence-corrected chi connectivity index (χ0v) is 19.1. The highest BCUT2D eigenvalue weighted by Crippen LogP contribution is 2.32. The van der Waals surface area contributed by atoms with E-state index in [4.69, 9.17) is 14.2 Å². The lowest BCUT2D eigenvalue weighted by Crippen LogP contribution is -2.42. The molecule has 11 nitrogen and oxygen atoms in total. The molecule has 1 aliphatic heterocycles. The van der Waals surface area contributed by atoms with E-state index >= 15 is 0 Å². The number of nitrogens with one attached hydrogen (secondary N) is 2. The van der Waals surface area contributed by atoms with Crippen LogP contribution in [0.25, 0.3) is 10.8 Å². The molecule has 1 fully saturated rings. The van der Waals surface area contributed by atoms with Crippen molar-refractivity contribution in [2.24, 2.45) is 0 Å². The number of aliphatic hydroxyl groups is 1. The lowest BCUT2D eigenvalue weighted by molar-refractivity contribution is -0.154. The van der Waals surface area contributed by atoms with E-state index in [2.05, 4.69) is 10.3 Å². The highest BCUT2D eigenvalue weighted by atomic mass is 16.6. The maximum absolute atomic E-state index is 12.8. The zero-order chi connectivity index (χ0) is 25.1. The Morgan fingerprint density at radius 2 is 1.89 bits per heavy atom. The molecule has 0 aliphatic carbocycles. The minimum atomic E-state index is -1.17. The number of carbonyl (C=O) groups is 2. The quantitative estimate of drug-likeness (QED) is 0.410. The fourth-order valence-corrected chi connectivity index (χ4v) is 4.13. The molecule has 0 saturated carbocycles. The third-order valence-corrected chi connectivity index (χ3v) is 5.79. The van der Waals surface area contributed by atoms with Gasteiger partial charge >= 0.3 is 11.7 Å². The highest BCUT2D eigenvalue weighted by molar-refractivity contribution is 5.93. The number of aliphatic hydroxyl groups excluding tert-OH is 1. The lowest BCUT2D eigenvalue weighted by atomic mass is 10.1. The number of amides is 1. The minimum absolute atomic E-state index is 0.157. The summed E-state index contributed by atoms with van der Waals surface area (Å²) in [5.41, 5.74) is -1.21. The third kappa shape index (κ3) is 5.02. The first-order valence-electron chi connectivity index (χ1n) is 10.9. The van der Waals surface area contributed by atoms with Crippen molar-refractivity contribution in [2.75, 3.05) is 13.7 Å². The van der Waals surface area contributed by atoms with E-state index in [9.17, 15) is 24.3 Å². The largest absolute Gasteiger partial charge is 0.457 e. The van der Waals surface area contributed by atoms with Crippen LogP contribution in [0.15, 0.2) is 58.3 Å². The van der Waals surface area contributed by atoms with Crippen molar-refractivity contribution in [1.82, 2.24) is 14.9 Å². The first-order chi connectivity index (χ1) is 16.8. The van der Waals surface area contributed by atoms with Gasteiger partial charge < -0.3 is 24.6 Å². The van der Waals surface area contributed by atoms with E-state index in [1.807, 2.05) is 42.5 Å². The highest BCUT2D eigenvalue weighted by Gasteiger charge is 2.48. The van der Waals surface area contributed by atoms with E-state index in [0.717, 1.165) is 27.1 Å². The van der Waals surface area contributed by atoms with Crippen LogP contribution in [0.4, 0.5) is 0 Å². The average molecular weight is 483 g/mol. The van der Waals surface area contributed by atoms with E-state index in [-0.39, 0.29) is 12.1 Å². The van der Waals surface area contributed by atoms with Gasteiger partial charge in [0.15, 0.2) is 12.3 Å². The number of H-pyrrole nitrogens is 1. The number of aromatic amines is 1. The van der Waals surface area contributed by atoms with Gasteiger partial charge in [0.05, 0.1) is 6.61 Å². The zero-order valence-electron chi connectivity index (χ0n) is 19.1. The number of fused-ring (bicyclic) bond motifs is 1. The van der Waals surface area contributed by atoms with Crippen LogP contribution in [0, 0.1) is 0 Å². The van der Waals surface area contributed by atoms with Crippen LogP contribution in [-0.4, -0.2) is 58.6 Å². The maximum Gasteiger partial charge on any atom is 0.330 e. The number of nitrogens with zero attached hydrogens (tertiary/aromatic N) is 1. The van der Waals surface area contributed by atoms with Gasteiger partial charge in [0.25, 0.3) is 11.5 Å². The van der Waals surface area contributed by atoms with Gasteiger partial charge in [-0.15, -0.1) is 0 Å². The summed E-state index contributed by atoms with van der Waals surface area (Å²) in [5, 5.41) is 14.4. The van der Waals surface area contributed by atoms with E-state index in [1.54, 1.807) is 0 Å². The number of benzene rings is 2. The molecule has 1 saturated heterocycles. The van der Waals surface area contributed by atoms with Crippen molar-refractivity contribution in [3.05, 3.63) is 80.6 Å². The first kappa shape index (κ1) is 24.3. The predicted molar refractivity (Wildman–Crippen MR) is 124 cm³/mol. The van der Waals surface area contributed by atoms with Crippen molar-refractivity contribution in [2.45, 2.75) is 38.0 Å². The second-order valence-electron chi connectivity index (χ2n) is 8.10. The van der Waals surface area contributed by atoms with Crippen molar-refractivity contribution in [1.29, 1.82) is 0 Å². The molecule has 2 heterocycles. The van der Waals surface area contributed by atoms with Crippen LogP contribution in [0.5, 0.6) is 0 Å². The van der Waals surface area contributed by atoms with Gasteiger partial charge in [-0.2, -0.15) is 0 Å². The lowest BCUT2D eigenvalue weighted by Gasteiger charge is -2.23. The number of ether oxygens (including phenoxy) is 3. The molecule has 0 spiro atoms. The fraction of sp³-hybridized carbons (Fsp3) is 0.333. The summed E-state index contributed by atoms with van der Waals surface area (Å²) in [6.45, 7) is 0.841. The molecule has 35 heavy (non-hydrogen) atoms. The molecular formula is C24H25N3O8. The first-order valence-corrected chi connectivity index (χ1v) is 10.9. The van der Waals surface area contributed by atoms with Crippen molar-refractivity contribution >= 4 is 22.6 Å². The molecular weight excluding hydrogens is 458 g/mol. The number of rotatable bonds is 7.